The summed E-state index contributed by atoms with van der Waals surface area (Å²) in [6.45, 7) is 6.42. The van der Waals surface area contributed by atoms with E-state index in [1.54, 1.807) is 12.4 Å². The van der Waals surface area contributed by atoms with E-state index in [1.807, 2.05) is 10.3 Å². The van der Waals surface area contributed by atoms with Crippen molar-refractivity contribution in [3.63, 3.8) is 0 Å². The maximum atomic E-state index is 12.7. The Morgan fingerprint density at radius 2 is 2.03 bits per heavy atom. The highest BCUT2D eigenvalue weighted by Gasteiger charge is 2.27. The number of carbonyl (C=O) groups is 2. The number of rotatable bonds is 6. The molecule has 0 saturated carbocycles. The fourth-order valence-corrected chi connectivity index (χ4v) is 5.06. The molecule has 2 fully saturated rings. The van der Waals surface area contributed by atoms with E-state index in [0.717, 1.165) is 51.1 Å². The Bertz CT molecular complexity index is 882. The molecule has 2 aromatic rings. The second-order valence-electron chi connectivity index (χ2n) is 8.69. The highest BCUT2D eigenvalue weighted by molar-refractivity contribution is 7.13. The number of amides is 2. The molecule has 31 heavy (non-hydrogen) atoms. The van der Waals surface area contributed by atoms with E-state index in [4.69, 9.17) is 0 Å². The van der Waals surface area contributed by atoms with Gasteiger partial charge in [0.25, 0.3) is 5.91 Å². The summed E-state index contributed by atoms with van der Waals surface area (Å²) in [6, 6.07) is 0. The van der Waals surface area contributed by atoms with Crippen LogP contribution in [0.5, 0.6) is 0 Å². The number of hydrogen-bond acceptors (Lipinski definition) is 7. The van der Waals surface area contributed by atoms with Crippen LogP contribution in [0.4, 0.5) is 5.13 Å². The Balaban J connectivity index is 1.29. The van der Waals surface area contributed by atoms with Crippen molar-refractivity contribution >= 4 is 28.3 Å². The van der Waals surface area contributed by atoms with Gasteiger partial charge >= 0.3 is 0 Å². The van der Waals surface area contributed by atoms with E-state index in [9.17, 15) is 9.59 Å². The lowest BCUT2D eigenvalue weighted by molar-refractivity contribution is -0.134. The van der Waals surface area contributed by atoms with Crippen molar-refractivity contribution in [2.45, 2.75) is 39.0 Å². The highest BCUT2D eigenvalue weighted by atomic mass is 32.1. The van der Waals surface area contributed by atoms with E-state index >= 15 is 0 Å². The van der Waals surface area contributed by atoms with Crippen LogP contribution < -0.4 is 5.32 Å². The van der Waals surface area contributed by atoms with Crippen LogP contribution in [0.2, 0.25) is 0 Å². The van der Waals surface area contributed by atoms with Crippen molar-refractivity contribution in [1.82, 2.24) is 24.8 Å². The molecule has 2 aliphatic heterocycles. The second-order valence-corrected chi connectivity index (χ2v) is 9.58. The number of thiazole rings is 1. The molecule has 0 aliphatic carbocycles. The molecule has 1 unspecified atom stereocenters. The molecule has 2 amide bonds. The topological polar surface area (TPSA) is 91.3 Å². The van der Waals surface area contributed by atoms with Crippen LogP contribution in [0.15, 0.2) is 24.1 Å². The van der Waals surface area contributed by atoms with E-state index in [1.165, 1.54) is 30.5 Å². The van der Waals surface area contributed by atoms with Crippen molar-refractivity contribution < 1.29 is 9.59 Å². The largest absolute Gasteiger partial charge is 0.342 e. The SMILES string of the molecule is CC1CCCN(CC(=O)N2CCC(Cc3ncncc3C(=O)Nc3nccs3)CC2)C1. The zero-order valence-corrected chi connectivity index (χ0v) is 18.8. The van der Waals surface area contributed by atoms with Crippen LogP contribution in [0.3, 0.4) is 0 Å². The summed E-state index contributed by atoms with van der Waals surface area (Å²) >= 11 is 1.38. The summed E-state index contributed by atoms with van der Waals surface area (Å²) in [4.78, 5) is 42.2. The molecule has 0 aromatic carbocycles. The third-order valence-corrected chi connectivity index (χ3v) is 6.93. The molecule has 0 radical (unpaired) electrons. The number of anilines is 1. The predicted molar refractivity (Wildman–Crippen MR) is 120 cm³/mol. The Kier molecular flexibility index (Phi) is 7.24. The number of hydrogen-bond donors (Lipinski definition) is 1. The number of piperidine rings is 2. The summed E-state index contributed by atoms with van der Waals surface area (Å²) in [7, 11) is 0. The van der Waals surface area contributed by atoms with Crippen LogP contribution in [-0.2, 0) is 11.2 Å². The van der Waals surface area contributed by atoms with Crippen LogP contribution >= 0.6 is 11.3 Å². The molecule has 2 aromatic heterocycles. The van der Waals surface area contributed by atoms with Crippen molar-refractivity contribution in [2.24, 2.45) is 11.8 Å². The Morgan fingerprint density at radius 1 is 1.19 bits per heavy atom. The molecule has 9 heteroatoms. The van der Waals surface area contributed by atoms with Gasteiger partial charge in [0, 0.05) is 37.4 Å². The number of carbonyl (C=O) groups excluding carboxylic acids is 2. The van der Waals surface area contributed by atoms with Gasteiger partial charge in [0.1, 0.15) is 6.33 Å². The number of aromatic nitrogens is 3. The van der Waals surface area contributed by atoms with Gasteiger partial charge in [-0.05, 0) is 50.5 Å². The fraction of sp³-hybridized carbons (Fsp3) is 0.591. The van der Waals surface area contributed by atoms with Gasteiger partial charge in [-0.2, -0.15) is 0 Å². The minimum Gasteiger partial charge on any atom is -0.342 e. The maximum Gasteiger partial charge on any atom is 0.260 e. The second kappa shape index (κ2) is 10.3. The molecule has 0 spiro atoms. The average Bonchev–Trinajstić information content (AvgIpc) is 3.27. The first-order valence-electron chi connectivity index (χ1n) is 11.1. The standard InChI is InChI=1S/C22H30N6O2S/c1-16-3-2-7-27(13-16)14-20(29)28-8-4-17(5-9-28)11-19-18(12-23-15-25-19)21(30)26-22-24-6-10-31-22/h6,10,12,15-17H,2-5,7-9,11,13-14H2,1H3,(H,24,26,30). The Hall–Kier alpha value is -2.39. The zero-order chi connectivity index (χ0) is 21.6. The van der Waals surface area contributed by atoms with Crippen LogP contribution in [0.1, 0.15) is 48.7 Å². The van der Waals surface area contributed by atoms with Gasteiger partial charge in [-0.25, -0.2) is 15.0 Å². The monoisotopic (exact) mass is 442 g/mol. The number of nitrogens with zero attached hydrogens (tertiary/aromatic N) is 5. The molecule has 2 aliphatic rings. The molecule has 2 saturated heterocycles. The highest BCUT2D eigenvalue weighted by Crippen LogP contribution is 2.23. The lowest BCUT2D eigenvalue weighted by atomic mass is 9.90. The van der Waals surface area contributed by atoms with Crippen molar-refractivity contribution in [3.05, 3.63) is 35.4 Å². The van der Waals surface area contributed by atoms with Gasteiger partial charge in [-0.3, -0.25) is 19.8 Å². The van der Waals surface area contributed by atoms with Crippen LogP contribution in [-0.4, -0.2) is 69.3 Å². The maximum absolute atomic E-state index is 12.7. The average molecular weight is 443 g/mol. The first-order chi connectivity index (χ1) is 15.1. The van der Waals surface area contributed by atoms with Gasteiger partial charge in [0.15, 0.2) is 5.13 Å². The van der Waals surface area contributed by atoms with E-state index in [0.29, 0.717) is 29.1 Å². The summed E-state index contributed by atoms with van der Waals surface area (Å²) in [5.74, 6) is 1.11. The predicted octanol–water partition coefficient (Wildman–Crippen LogP) is 2.70. The lowest BCUT2D eigenvalue weighted by Crippen LogP contribution is -2.46. The number of nitrogens with one attached hydrogen (secondary N) is 1. The molecular weight excluding hydrogens is 412 g/mol. The third-order valence-electron chi connectivity index (χ3n) is 6.24. The first-order valence-corrected chi connectivity index (χ1v) is 12.0. The van der Waals surface area contributed by atoms with Crippen LogP contribution in [0.25, 0.3) is 0 Å². The molecule has 1 N–H and O–H groups in total. The molecule has 4 heterocycles. The van der Waals surface area contributed by atoms with E-state index < -0.39 is 0 Å². The summed E-state index contributed by atoms with van der Waals surface area (Å²) in [5, 5.41) is 5.19. The van der Waals surface area contributed by atoms with Gasteiger partial charge in [0.05, 0.1) is 17.8 Å². The first kappa shape index (κ1) is 21.8. The summed E-state index contributed by atoms with van der Waals surface area (Å²) in [5.41, 5.74) is 1.26. The van der Waals surface area contributed by atoms with Gasteiger partial charge in [-0.1, -0.05) is 6.92 Å². The van der Waals surface area contributed by atoms with E-state index in [-0.39, 0.29) is 11.8 Å². The fourth-order valence-electron chi connectivity index (χ4n) is 4.54. The van der Waals surface area contributed by atoms with Crippen LogP contribution in [0, 0.1) is 11.8 Å². The summed E-state index contributed by atoms with van der Waals surface area (Å²) < 4.78 is 0. The number of likely N-dealkylation sites (tertiary alicyclic amines) is 2. The van der Waals surface area contributed by atoms with Gasteiger partial charge < -0.3 is 4.90 Å². The third kappa shape index (κ3) is 5.86. The molecule has 8 nitrogen and oxygen atoms in total. The smallest absolute Gasteiger partial charge is 0.260 e. The van der Waals surface area contributed by atoms with Crippen molar-refractivity contribution in [1.29, 1.82) is 0 Å². The molecular formula is C22H30N6O2S. The quantitative estimate of drug-likeness (QED) is 0.740. The lowest BCUT2D eigenvalue weighted by Gasteiger charge is -2.35. The molecule has 1 atom stereocenters. The van der Waals surface area contributed by atoms with Gasteiger partial charge in [-0.15, -0.1) is 11.3 Å². The summed E-state index contributed by atoms with van der Waals surface area (Å²) in [6.07, 6.45) is 9.76. The van der Waals surface area contributed by atoms with Crippen molar-refractivity contribution in [3.8, 4) is 0 Å². The van der Waals surface area contributed by atoms with Gasteiger partial charge in [0.2, 0.25) is 5.91 Å². The Morgan fingerprint density at radius 3 is 2.77 bits per heavy atom. The molecule has 166 valence electrons. The van der Waals surface area contributed by atoms with Crippen molar-refractivity contribution in [2.75, 3.05) is 38.0 Å². The minimum absolute atomic E-state index is 0.228. The molecule has 0 bridgehead atoms. The normalized spacial score (nSPS) is 20.5. The van der Waals surface area contributed by atoms with E-state index in [2.05, 4.69) is 32.1 Å². The zero-order valence-electron chi connectivity index (χ0n) is 18.0. The molecule has 4 rings (SSSR count). The Labute approximate surface area is 187 Å². The minimum atomic E-state index is -0.228.